The van der Waals surface area contributed by atoms with Crippen molar-refractivity contribution < 1.29 is 4.39 Å². The summed E-state index contributed by atoms with van der Waals surface area (Å²) in [6.45, 7) is 1.83. The number of aryl methyl sites for hydroxylation is 2. The summed E-state index contributed by atoms with van der Waals surface area (Å²) in [7, 11) is 1.80. The zero-order chi connectivity index (χ0) is 14.9. The fourth-order valence-electron chi connectivity index (χ4n) is 2.20. The minimum absolute atomic E-state index is 0.349. The lowest BCUT2D eigenvalue weighted by Gasteiger charge is -2.18. The van der Waals surface area contributed by atoms with Crippen LogP contribution in [0.1, 0.15) is 23.0 Å². The van der Waals surface area contributed by atoms with Crippen LogP contribution in [0.25, 0.3) is 0 Å². The Morgan fingerprint density at radius 1 is 1.50 bits per heavy atom. The van der Waals surface area contributed by atoms with E-state index in [2.05, 4.69) is 10.5 Å². The first-order chi connectivity index (χ1) is 9.43. The molecule has 0 aliphatic heterocycles. The highest BCUT2D eigenvalue weighted by atomic mass is 35.5. The molecule has 0 radical (unpaired) electrons. The molecule has 0 aliphatic carbocycles. The van der Waals surface area contributed by atoms with E-state index in [0.29, 0.717) is 22.7 Å². The lowest BCUT2D eigenvalue weighted by molar-refractivity contribution is 0.526. The largest absolute Gasteiger partial charge is 0.398 e. The van der Waals surface area contributed by atoms with Gasteiger partial charge >= 0.3 is 0 Å². The van der Waals surface area contributed by atoms with Crippen LogP contribution in [0.2, 0.25) is 5.02 Å². The van der Waals surface area contributed by atoms with E-state index in [1.165, 1.54) is 18.2 Å². The maximum absolute atomic E-state index is 13.4. The Bertz CT molecular complexity index is 625. The van der Waals surface area contributed by atoms with Crippen molar-refractivity contribution in [3.05, 3.63) is 46.0 Å². The van der Waals surface area contributed by atoms with Crippen molar-refractivity contribution in [1.29, 1.82) is 0 Å². The molecule has 1 unspecified atom stereocenters. The number of nitrogen functional groups attached to an aromatic ring is 1. The fourth-order valence-corrected chi connectivity index (χ4v) is 2.44. The lowest BCUT2D eigenvalue weighted by atomic mass is 10.0. The van der Waals surface area contributed by atoms with Crippen LogP contribution in [0, 0.1) is 12.7 Å². The van der Waals surface area contributed by atoms with Crippen LogP contribution >= 0.6 is 11.6 Å². The third kappa shape index (κ3) is 2.77. The zero-order valence-corrected chi connectivity index (χ0v) is 12.1. The van der Waals surface area contributed by atoms with Gasteiger partial charge in [-0.05, 0) is 30.7 Å². The van der Waals surface area contributed by atoms with Gasteiger partial charge in [0.15, 0.2) is 0 Å². The molecular formula is C13H17ClFN5. The van der Waals surface area contributed by atoms with Gasteiger partial charge in [-0.15, -0.1) is 0 Å². The Morgan fingerprint density at radius 2 is 2.20 bits per heavy atom. The Labute approximate surface area is 121 Å². The van der Waals surface area contributed by atoms with E-state index in [0.717, 1.165) is 11.4 Å². The van der Waals surface area contributed by atoms with Crippen LogP contribution in [0.15, 0.2) is 18.2 Å². The zero-order valence-electron chi connectivity index (χ0n) is 11.3. The molecule has 108 valence electrons. The standard InChI is InChI=1S/C13H17ClFN5/c1-7-13(14)12(20(2)19-7)6-11(18-17)9-5-8(15)3-4-10(9)16/h3-5,11,18H,6,16-17H2,1-2H3. The summed E-state index contributed by atoms with van der Waals surface area (Å²) in [5, 5.41) is 4.83. The molecule has 0 amide bonds. The number of hydrogen-bond donors (Lipinski definition) is 3. The summed E-state index contributed by atoms with van der Waals surface area (Å²) in [5.74, 6) is 5.22. The van der Waals surface area contributed by atoms with E-state index in [4.69, 9.17) is 23.2 Å². The predicted molar refractivity (Wildman–Crippen MR) is 77.5 cm³/mol. The first-order valence-corrected chi connectivity index (χ1v) is 6.50. The maximum atomic E-state index is 13.4. The van der Waals surface area contributed by atoms with Crippen LogP contribution in [0.3, 0.4) is 0 Å². The van der Waals surface area contributed by atoms with Crippen molar-refractivity contribution in [2.24, 2.45) is 12.9 Å². The minimum atomic E-state index is -0.360. The van der Waals surface area contributed by atoms with Crippen molar-refractivity contribution >= 4 is 17.3 Å². The normalized spacial score (nSPS) is 12.7. The second-order valence-electron chi connectivity index (χ2n) is 4.67. The molecule has 0 spiro atoms. The number of halogens is 2. The molecule has 0 aliphatic rings. The Hall–Kier alpha value is -1.63. The van der Waals surface area contributed by atoms with Crippen LogP contribution in [0.4, 0.5) is 10.1 Å². The van der Waals surface area contributed by atoms with E-state index in [1.54, 1.807) is 11.7 Å². The molecule has 2 rings (SSSR count). The average Bonchev–Trinajstić information content (AvgIpc) is 2.65. The smallest absolute Gasteiger partial charge is 0.123 e. The number of benzene rings is 1. The van der Waals surface area contributed by atoms with Crippen molar-refractivity contribution in [1.82, 2.24) is 15.2 Å². The minimum Gasteiger partial charge on any atom is -0.398 e. The quantitative estimate of drug-likeness (QED) is 0.457. The molecule has 0 fully saturated rings. The third-order valence-electron chi connectivity index (χ3n) is 3.28. The van der Waals surface area contributed by atoms with Gasteiger partial charge in [0, 0.05) is 19.2 Å². The second kappa shape index (κ2) is 5.78. The number of nitrogens with two attached hydrogens (primary N) is 2. The van der Waals surface area contributed by atoms with E-state index >= 15 is 0 Å². The van der Waals surface area contributed by atoms with Gasteiger partial charge in [0.25, 0.3) is 0 Å². The van der Waals surface area contributed by atoms with Gasteiger partial charge < -0.3 is 5.73 Å². The first kappa shape index (κ1) is 14.8. The maximum Gasteiger partial charge on any atom is 0.123 e. The number of anilines is 1. The number of hydrogen-bond acceptors (Lipinski definition) is 4. The number of nitrogens with zero attached hydrogens (tertiary/aromatic N) is 2. The highest BCUT2D eigenvalue weighted by Gasteiger charge is 2.19. The van der Waals surface area contributed by atoms with Crippen molar-refractivity contribution in [2.75, 3.05) is 5.73 Å². The molecule has 1 aromatic heterocycles. The van der Waals surface area contributed by atoms with Crippen molar-refractivity contribution in [3.63, 3.8) is 0 Å². The molecule has 1 aromatic carbocycles. The molecule has 20 heavy (non-hydrogen) atoms. The highest BCUT2D eigenvalue weighted by molar-refractivity contribution is 6.31. The third-order valence-corrected chi connectivity index (χ3v) is 3.78. The Kier molecular flexibility index (Phi) is 4.27. The molecule has 0 bridgehead atoms. The van der Waals surface area contributed by atoms with E-state index in [-0.39, 0.29) is 11.9 Å². The van der Waals surface area contributed by atoms with Gasteiger partial charge in [0.2, 0.25) is 0 Å². The Balaban J connectivity index is 2.36. The predicted octanol–water partition coefficient (Wildman–Crippen LogP) is 1.85. The molecule has 5 N–H and O–H groups in total. The summed E-state index contributed by atoms with van der Waals surface area (Å²) in [4.78, 5) is 0. The first-order valence-electron chi connectivity index (χ1n) is 6.13. The highest BCUT2D eigenvalue weighted by Crippen LogP contribution is 2.28. The molecule has 2 aromatic rings. The summed E-state index contributed by atoms with van der Waals surface area (Å²) >= 11 is 6.22. The molecule has 7 heteroatoms. The summed E-state index contributed by atoms with van der Waals surface area (Å²) in [6, 6.07) is 3.86. The number of aromatic nitrogens is 2. The topological polar surface area (TPSA) is 81.9 Å². The van der Waals surface area contributed by atoms with Crippen LogP contribution in [-0.4, -0.2) is 9.78 Å². The van der Waals surface area contributed by atoms with Gasteiger partial charge in [-0.3, -0.25) is 16.0 Å². The fraction of sp³-hybridized carbons (Fsp3) is 0.308. The SMILES string of the molecule is Cc1nn(C)c(CC(NN)c2cc(F)ccc2N)c1Cl. The van der Waals surface area contributed by atoms with Gasteiger partial charge in [-0.25, -0.2) is 4.39 Å². The van der Waals surface area contributed by atoms with Crippen LogP contribution in [0.5, 0.6) is 0 Å². The summed E-state index contributed by atoms with van der Waals surface area (Å²) < 4.78 is 15.1. The summed E-state index contributed by atoms with van der Waals surface area (Å²) in [5.41, 5.74) is 11.2. The van der Waals surface area contributed by atoms with Gasteiger partial charge in [-0.2, -0.15) is 5.10 Å². The monoisotopic (exact) mass is 297 g/mol. The second-order valence-corrected chi connectivity index (χ2v) is 5.04. The number of hydrazine groups is 1. The molecule has 0 saturated heterocycles. The number of rotatable bonds is 4. The average molecular weight is 298 g/mol. The molecule has 1 heterocycles. The molecular weight excluding hydrogens is 281 g/mol. The van der Waals surface area contributed by atoms with Gasteiger partial charge in [-0.1, -0.05) is 11.6 Å². The van der Waals surface area contributed by atoms with Gasteiger partial charge in [0.05, 0.1) is 22.5 Å². The van der Waals surface area contributed by atoms with Crippen molar-refractivity contribution in [2.45, 2.75) is 19.4 Å². The molecule has 1 atom stereocenters. The summed E-state index contributed by atoms with van der Waals surface area (Å²) in [6.07, 6.45) is 0.459. The van der Waals surface area contributed by atoms with E-state index < -0.39 is 0 Å². The Morgan fingerprint density at radius 3 is 2.75 bits per heavy atom. The van der Waals surface area contributed by atoms with E-state index in [1.807, 2.05) is 6.92 Å². The van der Waals surface area contributed by atoms with Crippen molar-refractivity contribution in [3.8, 4) is 0 Å². The van der Waals surface area contributed by atoms with Crippen LogP contribution in [-0.2, 0) is 13.5 Å². The van der Waals surface area contributed by atoms with Gasteiger partial charge in [0.1, 0.15) is 5.82 Å². The molecule has 0 saturated carbocycles. The van der Waals surface area contributed by atoms with Crippen LogP contribution < -0.4 is 17.0 Å². The lowest BCUT2D eigenvalue weighted by Crippen LogP contribution is -2.31. The molecule has 5 nitrogen and oxygen atoms in total. The number of nitrogens with one attached hydrogen (secondary N) is 1. The van der Waals surface area contributed by atoms with E-state index in [9.17, 15) is 4.39 Å².